The predicted octanol–water partition coefficient (Wildman–Crippen LogP) is 1.97. The van der Waals surface area contributed by atoms with Crippen molar-refractivity contribution in [3.63, 3.8) is 0 Å². The SMILES string of the molecule is Cc1ccc(Cl)cc1-n1nc(C(N)=O)cc1-c1ccnc(N)n1. The Morgan fingerprint density at radius 1 is 1.26 bits per heavy atom. The summed E-state index contributed by atoms with van der Waals surface area (Å²) in [5.41, 5.74) is 13.9. The first kappa shape index (κ1) is 15.0. The third kappa shape index (κ3) is 2.86. The summed E-state index contributed by atoms with van der Waals surface area (Å²) in [5, 5.41) is 4.82. The summed E-state index contributed by atoms with van der Waals surface area (Å²) in [7, 11) is 0. The predicted molar refractivity (Wildman–Crippen MR) is 87.3 cm³/mol. The summed E-state index contributed by atoms with van der Waals surface area (Å²) in [6.07, 6.45) is 1.53. The average Bonchev–Trinajstić information content (AvgIpc) is 2.95. The highest BCUT2D eigenvalue weighted by Gasteiger charge is 2.17. The lowest BCUT2D eigenvalue weighted by molar-refractivity contribution is 0.0995. The minimum atomic E-state index is -0.633. The van der Waals surface area contributed by atoms with Crippen LogP contribution in [0.1, 0.15) is 16.1 Å². The topological polar surface area (TPSA) is 113 Å². The first-order valence-corrected chi connectivity index (χ1v) is 7.09. The highest BCUT2D eigenvalue weighted by molar-refractivity contribution is 6.30. The lowest BCUT2D eigenvalue weighted by atomic mass is 10.2. The van der Waals surface area contributed by atoms with Crippen LogP contribution < -0.4 is 11.5 Å². The van der Waals surface area contributed by atoms with E-state index < -0.39 is 5.91 Å². The van der Waals surface area contributed by atoms with Gasteiger partial charge in [-0.2, -0.15) is 5.10 Å². The number of rotatable bonds is 3. The molecule has 2 aromatic heterocycles. The molecule has 0 bridgehead atoms. The Kier molecular flexibility index (Phi) is 3.71. The van der Waals surface area contributed by atoms with E-state index in [0.717, 1.165) is 11.3 Å². The van der Waals surface area contributed by atoms with Crippen molar-refractivity contribution in [2.75, 3.05) is 5.73 Å². The summed E-state index contributed by atoms with van der Waals surface area (Å²) < 4.78 is 1.57. The third-order valence-corrected chi connectivity index (χ3v) is 3.53. The Morgan fingerprint density at radius 2 is 2.04 bits per heavy atom. The van der Waals surface area contributed by atoms with Crippen molar-refractivity contribution in [1.82, 2.24) is 19.7 Å². The number of primary amides is 1. The van der Waals surface area contributed by atoms with E-state index in [1.54, 1.807) is 28.9 Å². The summed E-state index contributed by atoms with van der Waals surface area (Å²) >= 11 is 6.08. The normalized spacial score (nSPS) is 10.7. The number of carbonyl (C=O) groups excluding carboxylic acids is 1. The molecule has 0 saturated heterocycles. The van der Waals surface area contributed by atoms with Gasteiger partial charge in [-0.3, -0.25) is 4.79 Å². The standard InChI is InChI=1S/C15H13ClN6O/c1-8-2-3-9(16)6-12(8)22-13(7-11(21-22)14(17)23)10-4-5-19-15(18)20-10/h2-7H,1H3,(H2,17,23)(H2,18,19,20). The molecule has 3 rings (SSSR count). The van der Waals surface area contributed by atoms with Gasteiger partial charge in [0.1, 0.15) is 0 Å². The minimum absolute atomic E-state index is 0.122. The Morgan fingerprint density at radius 3 is 2.74 bits per heavy atom. The van der Waals surface area contributed by atoms with Gasteiger partial charge in [-0.15, -0.1) is 0 Å². The second-order valence-electron chi connectivity index (χ2n) is 4.92. The molecule has 2 heterocycles. The summed E-state index contributed by atoms with van der Waals surface area (Å²) in [5.74, 6) is -0.509. The first-order chi connectivity index (χ1) is 11.0. The highest BCUT2D eigenvalue weighted by atomic mass is 35.5. The van der Waals surface area contributed by atoms with Crippen molar-refractivity contribution in [1.29, 1.82) is 0 Å². The van der Waals surface area contributed by atoms with Gasteiger partial charge in [0.25, 0.3) is 5.91 Å². The van der Waals surface area contributed by atoms with E-state index in [9.17, 15) is 4.79 Å². The van der Waals surface area contributed by atoms with Crippen LogP contribution in [0.3, 0.4) is 0 Å². The number of aryl methyl sites for hydroxylation is 1. The van der Waals surface area contributed by atoms with Crippen LogP contribution in [0.2, 0.25) is 5.02 Å². The molecule has 0 fully saturated rings. The molecule has 0 atom stereocenters. The Bertz CT molecular complexity index is 905. The van der Waals surface area contributed by atoms with E-state index in [4.69, 9.17) is 23.1 Å². The number of nitrogen functional groups attached to an aromatic ring is 1. The Labute approximate surface area is 136 Å². The van der Waals surface area contributed by atoms with Gasteiger partial charge in [0.05, 0.1) is 17.1 Å². The van der Waals surface area contributed by atoms with Crippen molar-refractivity contribution in [2.24, 2.45) is 5.73 Å². The zero-order chi connectivity index (χ0) is 16.6. The van der Waals surface area contributed by atoms with E-state index >= 15 is 0 Å². The molecule has 0 aliphatic rings. The maximum Gasteiger partial charge on any atom is 0.269 e. The zero-order valence-corrected chi connectivity index (χ0v) is 12.9. The molecule has 0 unspecified atom stereocenters. The summed E-state index contributed by atoms with van der Waals surface area (Å²) in [6.45, 7) is 1.91. The van der Waals surface area contributed by atoms with Crippen molar-refractivity contribution in [3.05, 3.63) is 52.8 Å². The van der Waals surface area contributed by atoms with Crippen LogP contribution in [0.15, 0.2) is 36.5 Å². The quantitative estimate of drug-likeness (QED) is 0.763. The maximum absolute atomic E-state index is 11.5. The second-order valence-corrected chi connectivity index (χ2v) is 5.36. The van der Waals surface area contributed by atoms with Crippen LogP contribution in [0, 0.1) is 6.92 Å². The fourth-order valence-corrected chi connectivity index (χ4v) is 2.36. The van der Waals surface area contributed by atoms with Gasteiger partial charge in [0, 0.05) is 11.2 Å². The molecule has 3 aromatic rings. The number of amides is 1. The van der Waals surface area contributed by atoms with Gasteiger partial charge >= 0.3 is 0 Å². The number of aromatic nitrogens is 4. The van der Waals surface area contributed by atoms with Crippen LogP contribution in [-0.2, 0) is 0 Å². The van der Waals surface area contributed by atoms with Crippen LogP contribution in [0.25, 0.3) is 17.1 Å². The number of anilines is 1. The maximum atomic E-state index is 11.5. The van der Waals surface area contributed by atoms with E-state index in [1.165, 1.54) is 6.20 Å². The fourth-order valence-electron chi connectivity index (χ4n) is 2.19. The lowest BCUT2D eigenvalue weighted by Gasteiger charge is -2.10. The van der Waals surface area contributed by atoms with Crippen LogP contribution in [-0.4, -0.2) is 25.7 Å². The summed E-state index contributed by atoms with van der Waals surface area (Å²) in [6, 6.07) is 8.63. The fraction of sp³-hybridized carbons (Fsp3) is 0.0667. The Balaban J connectivity index is 2.27. The van der Waals surface area contributed by atoms with Gasteiger partial charge in [-0.25, -0.2) is 14.6 Å². The number of halogens is 1. The van der Waals surface area contributed by atoms with E-state index in [-0.39, 0.29) is 11.6 Å². The molecule has 0 aliphatic heterocycles. The number of carbonyl (C=O) groups is 1. The molecule has 23 heavy (non-hydrogen) atoms. The number of benzene rings is 1. The first-order valence-electron chi connectivity index (χ1n) is 6.71. The van der Waals surface area contributed by atoms with E-state index in [2.05, 4.69) is 15.1 Å². The van der Waals surface area contributed by atoms with Gasteiger partial charge < -0.3 is 11.5 Å². The van der Waals surface area contributed by atoms with Crippen molar-refractivity contribution >= 4 is 23.5 Å². The van der Waals surface area contributed by atoms with Gasteiger partial charge in [-0.05, 0) is 36.8 Å². The van der Waals surface area contributed by atoms with Crippen LogP contribution in [0.5, 0.6) is 0 Å². The lowest BCUT2D eigenvalue weighted by Crippen LogP contribution is -2.12. The highest BCUT2D eigenvalue weighted by Crippen LogP contribution is 2.26. The van der Waals surface area contributed by atoms with E-state index in [0.29, 0.717) is 16.4 Å². The molecule has 0 spiro atoms. The molecule has 116 valence electrons. The number of nitrogens with two attached hydrogens (primary N) is 2. The van der Waals surface area contributed by atoms with Gasteiger partial charge in [0.2, 0.25) is 5.95 Å². The molecule has 0 saturated carbocycles. The monoisotopic (exact) mass is 328 g/mol. The molecule has 8 heteroatoms. The second kappa shape index (κ2) is 5.69. The molecular formula is C15H13ClN6O. The van der Waals surface area contributed by atoms with Gasteiger partial charge in [-0.1, -0.05) is 17.7 Å². The average molecular weight is 329 g/mol. The molecule has 0 aliphatic carbocycles. The van der Waals surface area contributed by atoms with Crippen molar-refractivity contribution in [2.45, 2.75) is 6.92 Å². The molecule has 4 N–H and O–H groups in total. The van der Waals surface area contributed by atoms with E-state index in [1.807, 2.05) is 13.0 Å². The van der Waals surface area contributed by atoms with Crippen LogP contribution >= 0.6 is 11.6 Å². The molecule has 1 amide bonds. The van der Waals surface area contributed by atoms with Crippen molar-refractivity contribution < 1.29 is 4.79 Å². The smallest absolute Gasteiger partial charge is 0.269 e. The largest absolute Gasteiger partial charge is 0.368 e. The summed E-state index contributed by atoms with van der Waals surface area (Å²) in [4.78, 5) is 19.6. The number of nitrogens with zero attached hydrogens (tertiary/aromatic N) is 4. The molecule has 7 nitrogen and oxygen atoms in total. The number of hydrogen-bond acceptors (Lipinski definition) is 5. The Hall–Kier alpha value is -2.93. The third-order valence-electron chi connectivity index (χ3n) is 3.30. The molecule has 1 aromatic carbocycles. The number of hydrogen-bond donors (Lipinski definition) is 2. The van der Waals surface area contributed by atoms with Gasteiger partial charge in [0.15, 0.2) is 5.69 Å². The van der Waals surface area contributed by atoms with Crippen molar-refractivity contribution in [3.8, 4) is 17.1 Å². The van der Waals surface area contributed by atoms with Crippen LogP contribution in [0.4, 0.5) is 5.95 Å². The molecule has 0 radical (unpaired) electrons. The zero-order valence-electron chi connectivity index (χ0n) is 12.2. The molecular weight excluding hydrogens is 316 g/mol. The minimum Gasteiger partial charge on any atom is -0.368 e.